The number of nitrogens with zero attached hydrogens (tertiary/aromatic N) is 1. The first-order valence-corrected chi connectivity index (χ1v) is 10.8. The minimum Gasteiger partial charge on any atom is -0.348 e. The van der Waals surface area contributed by atoms with Crippen molar-refractivity contribution in [2.45, 2.75) is 45.2 Å². The van der Waals surface area contributed by atoms with Gasteiger partial charge in [0.2, 0.25) is 5.91 Å². The smallest absolute Gasteiger partial charge is 0.258 e. The van der Waals surface area contributed by atoms with Gasteiger partial charge in [-0.1, -0.05) is 63.2 Å². The summed E-state index contributed by atoms with van der Waals surface area (Å²) in [5.41, 5.74) is 0.732. The zero-order chi connectivity index (χ0) is 21.2. The number of carbonyl (C=O) groups excluding carboxylic acids is 2. The standard InChI is InChI=1S/C23H27FN2O2S/c1-15(16-10-6-5-7-11-16)25-20(27)19-14-29-22(23(2,3)4)26(19)21(28)17-12-8-9-13-18(17)24/h5-13,15,19,22H,14H2,1-4H3,(H,25,27). The first kappa shape index (κ1) is 21.4. The summed E-state index contributed by atoms with van der Waals surface area (Å²) in [6.45, 7) is 8.00. The van der Waals surface area contributed by atoms with Crippen molar-refractivity contribution in [2.75, 3.05) is 5.75 Å². The summed E-state index contributed by atoms with van der Waals surface area (Å²) in [6.07, 6.45) is 0. The third kappa shape index (κ3) is 4.64. The summed E-state index contributed by atoms with van der Waals surface area (Å²) >= 11 is 1.57. The molecule has 2 aromatic carbocycles. The Balaban J connectivity index is 1.87. The predicted octanol–water partition coefficient (Wildman–Crippen LogP) is 4.63. The number of halogens is 1. The molecule has 2 amide bonds. The van der Waals surface area contributed by atoms with E-state index in [0.29, 0.717) is 5.75 Å². The molecular weight excluding hydrogens is 387 g/mol. The predicted molar refractivity (Wildman–Crippen MR) is 115 cm³/mol. The molecule has 1 aliphatic rings. The van der Waals surface area contributed by atoms with Gasteiger partial charge >= 0.3 is 0 Å². The zero-order valence-electron chi connectivity index (χ0n) is 17.2. The SMILES string of the molecule is CC(NC(=O)C1CSC(C(C)(C)C)N1C(=O)c1ccccc1F)c1ccccc1. The molecule has 2 aromatic rings. The van der Waals surface area contributed by atoms with Gasteiger partial charge in [0.15, 0.2) is 0 Å². The molecule has 0 aliphatic carbocycles. The second-order valence-electron chi connectivity index (χ2n) is 8.40. The molecule has 1 aliphatic heterocycles. The van der Waals surface area contributed by atoms with E-state index in [1.54, 1.807) is 28.8 Å². The molecule has 29 heavy (non-hydrogen) atoms. The van der Waals surface area contributed by atoms with Crippen LogP contribution in [0.3, 0.4) is 0 Å². The zero-order valence-corrected chi connectivity index (χ0v) is 18.0. The lowest BCUT2D eigenvalue weighted by molar-refractivity contribution is -0.125. The molecule has 1 fully saturated rings. The highest BCUT2D eigenvalue weighted by Crippen LogP contribution is 2.41. The van der Waals surface area contributed by atoms with E-state index in [0.717, 1.165) is 5.56 Å². The van der Waals surface area contributed by atoms with E-state index in [-0.39, 0.29) is 28.3 Å². The number of nitrogens with one attached hydrogen (secondary N) is 1. The highest BCUT2D eigenvalue weighted by atomic mass is 32.2. The van der Waals surface area contributed by atoms with Crippen LogP contribution in [0.1, 0.15) is 49.7 Å². The van der Waals surface area contributed by atoms with Crippen LogP contribution in [0, 0.1) is 11.2 Å². The van der Waals surface area contributed by atoms with E-state index in [1.165, 1.54) is 12.1 Å². The average Bonchev–Trinajstić information content (AvgIpc) is 3.14. The summed E-state index contributed by atoms with van der Waals surface area (Å²) in [5, 5.41) is 2.80. The fourth-order valence-electron chi connectivity index (χ4n) is 3.53. The maximum Gasteiger partial charge on any atom is 0.258 e. The average molecular weight is 415 g/mol. The topological polar surface area (TPSA) is 49.4 Å². The Bertz CT molecular complexity index is 882. The molecule has 4 nitrogen and oxygen atoms in total. The summed E-state index contributed by atoms with van der Waals surface area (Å²) < 4.78 is 14.3. The second kappa shape index (κ2) is 8.57. The molecule has 1 saturated heterocycles. The minimum absolute atomic E-state index is 0.00171. The van der Waals surface area contributed by atoms with Crippen molar-refractivity contribution in [3.8, 4) is 0 Å². The van der Waals surface area contributed by atoms with Crippen LogP contribution in [0.5, 0.6) is 0 Å². The Morgan fingerprint density at radius 1 is 1.10 bits per heavy atom. The molecule has 3 unspecified atom stereocenters. The van der Waals surface area contributed by atoms with Crippen molar-refractivity contribution in [3.05, 3.63) is 71.5 Å². The van der Waals surface area contributed by atoms with E-state index >= 15 is 0 Å². The van der Waals surface area contributed by atoms with E-state index in [9.17, 15) is 14.0 Å². The monoisotopic (exact) mass is 414 g/mol. The van der Waals surface area contributed by atoms with E-state index in [2.05, 4.69) is 5.32 Å². The Morgan fingerprint density at radius 2 is 1.72 bits per heavy atom. The number of hydrogen-bond acceptors (Lipinski definition) is 3. The molecule has 0 spiro atoms. The van der Waals surface area contributed by atoms with Gasteiger partial charge in [-0.15, -0.1) is 11.8 Å². The number of benzene rings is 2. The van der Waals surface area contributed by atoms with Crippen LogP contribution >= 0.6 is 11.8 Å². The first-order valence-electron chi connectivity index (χ1n) is 9.74. The number of carbonyl (C=O) groups is 2. The molecular formula is C23H27FN2O2S. The van der Waals surface area contributed by atoms with Crippen molar-refractivity contribution in [2.24, 2.45) is 5.41 Å². The Kier molecular flexibility index (Phi) is 6.32. The number of thioether (sulfide) groups is 1. The van der Waals surface area contributed by atoms with Crippen LogP contribution in [-0.4, -0.2) is 33.9 Å². The molecule has 0 saturated carbocycles. The van der Waals surface area contributed by atoms with Crippen molar-refractivity contribution >= 4 is 23.6 Å². The fourth-order valence-corrected chi connectivity index (χ4v) is 5.11. The highest BCUT2D eigenvalue weighted by Gasteiger charge is 2.47. The summed E-state index contributed by atoms with van der Waals surface area (Å²) in [5.74, 6) is -0.750. The fraction of sp³-hybridized carbons (Fsp3) is 0.391. The Labute approximate surface area is 175 Å². The third-order valence-electron chi connectivity index (χ3n) is 5.04. The quantitative estimate of drug-likeness (QED) is 0.793. The van der Waals surface area contributed by atoms with E-state index < -0.39 is 17.8 Å². The van der Waals surface area contributed by atoms with Crippen LogP contribution in [0.25, 0.3) is 0 Å². The van der Waals surface area contributed by atoms with Crippen molar-refractivity contribution in [1.82, 2.24) is 10.2 Å². The number of amides is 2. The van der Waals surface area contributed by atoms with Gasteiger partial charge in [-0.3, -0.25) is 9.59 Å². The van der Waals surface area contributed by atoms with Gasteiger partial charge in [-0.2, -0.15) is 0 Å². The van der Waals surface area contributed by atoms with Gasteiger partial charge in [0.05, 0.1) is 17.0 Å². The minimum atomic E-state index is -0.650. The Hall–Kier alpha value is -2.34. The maximum atomic E-state index is 14.3. The molecule has 3 rings (SSSR count). The van der Waals surface area contributed by atoms with E-state index in [1.807, 2.05) is 58.0 Å². The van der Waals surface area contributed by atoms with Gasteiger partial charge in [-0.25, -0.2) is 4.39 Å². The highest BCUT2D eigenvalue weighted by molar-refractivity contribution is 8.00. The molecule has 0 radical (unpaired) electrons. The van der Waals surface area contributed by atoms with Gasteiger partial charge in [0, 0.05) is 5.75 Å². The van der Waals surface area contributed by atoms with Crippen LogP contribution in [-0.2, 0) is 4.79 Å². The van der Waals surface area contributed by atoms with E-state index in [4.69, 9.17) is 0 Å². The van der Waals surface area contributed by atoms with Gasteiger partial charge in [-0.05, 0) is 30.0 Å². The molecule has 154 valence electrons. The molecule has 0 bridgehead atoms. The number of hydrogen-bond donors (Lipinski definition) is 1. The Morgan fingerprint density at radius 3 is 2.34 bits per heavy atom. The van der Waals surface area contributed by atoms with Crippen molar-refractivity contribution in [3.63, 3.8) is 0 Å². The lowest BCUT2D eigenvalue weighted by Crippen LogP contribution is -2.52. The van der Waals surface area contributed by atoms with Crippen molar-refractivity contribution < 1.29 is 14.0 Å². The number of rotatable bonds is 4. The second-order valence-corrected chi connectivity index (χ2v) is 9.51. The van der Waals surface area contributed by atoms with Crippen molar-refractivity contribution in [1.29, 1.82) is 0 Å². The normalized spacial score (nSPS) is 20.4. The molecule has 3 atom stereocenters. The van der Waals surface area contributed by atoms with Gasteiger partial charge < -0.3 is 10.2 Å². The summed E-state index contributed by atoms with van der Waals surface area (Å²) in [6, 6.07) is 14.8. The molecule has 6 heteroatoms. The van der Waals surface area contributed by atoms with Crippen LogP contribution in [0.4, 0.5) is 4.39 Å². The third-order valence-corrected chi connectivity index (χ3v) is 6.80. The van der Waals surface area contributed by atoms with Crippen LogP contribution in [0.2, 0.25) is 0 Å². The summed E-state index contributed by atoms with van der Waals surface area (Å²) in [4.78, 5) is 28.0. The molecule has 1 heterocycles. The largest absolute Gasteiger partial charge is 0.348 e. The lowest BCUT2D eigenvalue weighted by Gasteiger charge is -2.36. The van der Waals surface area contributed by atoms with Gasteiger partial charge in [0.1, 0.15) is 11.9 Å². The maximum absolute atomic E-state index is 14.3. The molecule has 1 N–H and O–H groups in total. The first-order chi connectivity index (χ1) is 13.7. The lowest BCUT2D eigenvalue weighted by atomic mass is 9.94. The summed E-state index contributed by atoms with van der Waals surface area (Å²) in [7, 11) is 0. The van der Waals surface area contributed by atoms with Crippen LogP contribution < -0.4 is 5.32 Å². The molecule has 0 aromatic heterocycles. The van der Waals surface area contributed by atoms with Crippen LogP contribution in [0.15, 0.2) is 54.6 Å². The van der Waals surface area contributed by atoms with Gasteiger partial charge in [0.25, 0.3) is 5.91 Å².